The number of amides is 1. The Hall–Kier alpha value is -0.960. The number of carbonyl (C=O) groups excluding carboxylic acids is 1. The first-order valence-corrected chi connectivity index (χ1v) is 12.4. The summed E-state index contributed by atoms with van der Waals surface area (Å²) in [5, 5.41) is 4.84. The molecule has 152 valence electrons. The predicted octanol–water partition coefficient (Wildman–Crippen LogP) is 0.970. The molecule has 0 unspecified atom stereocenters. The minimum Gasteiger partial charge on any atom is -0.356 e. The molecule has 0 bridgehead atoms. The van der Waals surface area contributed by atoms with Crippen molar-refractivity contribution in [2.75, 3.05) is 39.3 Å². The van der Waals surface area contributed by atoms with Gasteiger partial charge in [0, 0.05) is 32.0 Å². The lowest BCUT2D eigenvalue weighted by Crippen LogP contribution is -3.13. The van der Waals surface area contributed by atoms with E-state index in [9.17, 15) is 13.2 Å². The van der Waals surface area contributed by atoms with E-state index >= 15 is 0 Å². The van der Waals surface area contributed by atoms with Gasteiger partial charge in [0.05, 0.1) is 19.6 Å². The number of quaternary nitrogens is 1. The normalized spacial score (nSPS) is 25.4. The summed E-state index contributed by atoms with van der Waals surface area (Å²) in [6, 6.07) is 3.40. The number of nitrogens with one attached hydrogen (secondary N) is 2. The van der Waals surface area contributed by atoms with Crippen molar-refractivity contribution in [2.24, 2.45) is 11.8 Å². The molecule has 1 amide bonds. The van der Waals surface area contributed by atoms with Crippen molar-refractivity contribution in [3.8, 4) is 0 Å². The summed E-state index contributed by atoms with van der Waals surface area (Å²) in [5.74, 6) is 0.886. The molecule has 0 spiro atoms. The van der Waals surface area contributed by atoms with Crippen molar-refractivity contribution in [2.45, 2.75) is 43.2 Å². The highest BCUT2D eigenvalue weighted by molar-refractivity contribution is 7.91. The van der Waals surface area contributed by atoms with E-state index in [-0.39, 0.29) is 11.8 Å². The number of nitrogens with zero attached hydrogens (tertiary/aromatic N) is 1. The van der Waals surface area contributed by atoms with E-state index in [4.69, 9.17) is 0 Å². The van der Waals surface area contributed by atoms with Crippen LogP contribution in [0.2, 0.25) is 0 Å². The van der Waals surface area contributed by atoms with Crippen LogP contribution in [-0.2, 0) is 14.8 Å². The second-order valence-electron chi connectivity index (χ2n) is 7.94. The summed E-state index contributed by atoms with van der Waals surface area (Å²) in [6.45, 7) is 7.55. The van der Waals surface area contributed by atoms with Crippen molar-refractivity contribution in [3.05, 3.63) is 17.5 Å². The maximum atomic E-state index is 12.5. The van der Waals surface area contributed by atoms with Gasteiger partial charge in [-0.25, -0.2) is 8.42 Å². The number of hydrogen-bond donors (Lipinski definition) is 2. The van der Waals surface area contributed by atoms with Gasteiger partial charge in [-0.2, -0.15) is 4.31 Å². The monoisotopic (exact) mass is 414 g/mol. The highest BCUT2D eigenvalue weighted by atomic mass is 32.2. The van der Waals surface area contributed by atoms with Crippen LogP contribution in [0, 0.1) is 11.8 Å². The van der Waals surface area contributed by atoms with Gasteiger partial charge in [0.15, 0.2) is 0 Å². The van der Waals surface area contributed by atoms with E-state index in [2.05, 4.69) is 12.2 Å². The van der Waals surface area contributed by atoms with E-state index in [0.717, 1.165) is 25.4 Å². The summed E-state index contributed by atoms with van der Waals surface area (Å²) in [5.41, 5.74) is 0. The Kier molecular flexibility index (Phi) is 7.30. The number of piperidine rings is 2. The molecule has 2 fully saturated rings. The number of thiophene rings is 1. The van der Waals surface area contributed by atoms with E-state index in [1.54, 1.807) is 22.4 Å². The number of hydrogen-bond acceptors (Lipinski definition) is 4. The molecule has 0 atom stereocenters. The maximum absolute atomic E-state index is 12.5. The first kappa shape index (κ1) is 20.8. The average molecular weight is 415 g/mol. The molecule has 0 aliphatic carbocycles. The van der Waals surface area contributed by atoms with Crippen LogP contribution >= 0.6 is 11.3 Å². The molecule has 2 saturated heterocycles. The van der Waals surface area contributed by atoms with Crippen molar-refractivity contribution >= 4 is 27.3 Å². The van der Waals surface area contributed by atoms with Crippen molar-refractivity contribution in [1.82, 2.24) is 9.62 Å². The molecule has 8 heteroatoms. The van der Waals surface area contributed by atoms with Gasteiger partial charge in [-0.15, -0.1) is 11.3 Å². The van der Waals surface area contributed by atoms with Crippen LogP contribution in [0.15, 0.2) is 21.7 Å². The van der Waals surface area contributed by atoms with Gasteiger partial charge in [-0.1, -0.05) is 13.0 Å². The van der Waals surface area contributed by atoms with Crippen molar-refractivity contribution in [1.29, 1.82) is 0 Å². The molecular formula is C19H32N3O3S2+. The summed E-state index contributed by atoms with van der Waals surface area (Å²) in [6.07, 6.45) is 4.85. The molecule has 3 heterocycles. The smallest absolute Gasteiger partial charge is 0.252 e. The lowest BCUT2D eigenvalue weighted by atomic mass is 9.97. The third kappa shape index (κ3) is 5.53. The SMILES string of the molecule is CC1CC[NH+](CCCNC(=O)C2CCN(S(=O)(=O)c3cccs3)CC2)CC1. The number of likely N-dealkylation sites (tertiary alicyclic amines) is 1. The Labute approximate surface area is 167 Å². The van der Waals surface area contributed by atoms with E-state index in [1.165, 1.54) is 41.6 Å². The summed E-state index contributed by atoms with van der Waals surface area (Å²) < 4.78 is 27.0. The van der Waals surface area contributed by atoms with Gasteiger partial charge >= 0.3 is 0 Å². The minimum atomic E-state index is -3.39. The number of carbonyl (C=O) groups is 1. The molecule has 6 nitrogen and oxygen atoms in total. The molecule has 1 aromatic heterocycles. The predicted molar refractivity (Wildman–Crippen MR) is 107 cm³/mol. The lowest BCUT2D eigenvalue weighted by Gasteiger charge is -2.30. The number of sulfonamides is 1. The zero-order valence-electron chi connectivity index (χ0n) is 16.2. The zero-order valence-corrected chi connectivity index (χ0v) is 17.8. The second-order valence-corrected chi connectivity index (χ2v) is 11.1. The molecule has 0 radical (unpaired) electrons. The maximum Gasteiger partial charge on any atom is 0.252 e. The van der Waals surface area contributed by atoms with Crippen LogP contribution in [0.1, 0.15) is 39.0 Å². The van der Waals surface area contributed by atoms with Gasteiger partial charge in [-0.05, 0) is 43.0 Å². The molecule has 2 N–H and O–H groups in total. The summed E-state index contributed by atoms with van der Waals surface area (Å²) >= 11 is 1.25. The number of rotatable bonds is 7. The molecule has 2 aliphatic rings. The molecule has 27 heavy (non-hydrogen) atoms. The second kappa shape index (κ2) is 9.49. The standard InChI is InChI=1S/C19H31N3O3S2/c1-16-5-11-21(12-6-16)10-3-9-20-19(23)17-7-13-22(14-8-17)27(24,25)18-4-2-15-26-18/h2,4,15-17H,3,5-14H2,1H3,(H,20,23)/p+1. The third-order valence-corrected chi connectivity index (χ3v) is 9.17. The minimum absolute atomic E-state index is 0.0667. The fourth-order valence-electron chi connectivity index (χ4n) is 4.01. The average Bonchev–Trinajstić information content (AvgIpc) is 3.22. The van der Waals surface area contributed by atoms with Crippen LogP contribution < -0.4 is 10.2 Å². The Morgan fingerprint density at radius 1 is 1.26 bits per heavy atom. The molecule has 0 aromatic carbocycles. The fourth-order valence-corrected chi connectivity index (χ4v) is 6.62. The fraction of sp³-hybridized carbons (Fsp3) is 0.737. The quantitative estimate of drug-likeness (QED) is 0.653. The van der Waals surface area contributed by atoms with Crippen LogP contribution in [0.4, 0.5) is 0 Å². The highest BCUT2D eigenvalue weighted by Crippen LogP contribution is 2.26. The Morgan fingerprint density at radius 2 is 1.96 bits per heavy atom. The Balaban J connectivity index is 1.35. The highest BCUT2D eigenvalue weighted by Gasteiger charge is 2.32. The van der Waals surface area contributed by atoms with Gasteiger partial charge in [0.1, 0.15) is 4.21 Å². The van der Waals surface area contributed by atoms with Gasteiger partial charge in [0.25, 0.3) is 10.0 Å². The van der Waals surface area contributed by atoms with E-state index in [0.29, 0.717) is 30.1 Å². The summed E-state index contributed by atoms with van der Waals surface area (Å²) in [4.78, 5) is 14.1. The van der Waals surface area contributed by atoms with E-state index in [1.807, 2.05) is 0 Å². The van der Waals surface area contributed by atoms with Crippen molar-refractivity contribution < 1.29 is 18.1 Å². The molecule has 1 aromatic rings. The molecule has 2 aliphatic heterocycles. The first-order chi connectivity index (χ1) is 13.0. The van der Waals surface area contributed by atoms with E-state index < -0.39 is 10.0 Å². The van der Waals surface area contributed by atoms with Crippen LogP contribution in [0.3, 0.4) is 0 Å². The van der Waals surface area contributed by atoms with Crippen molar-refractivity contribution in [3.63, 3.8) is 0 Å². The first-order valence-electron chi connectivity index (χ1n) is 10.1. The van der Waals surface area contributed by atoms with Crippen LogP contribution in [-0.4, -0.2) is 57.9 Å². The summed E-state index contributed by atoms with van der Waals surface area (Å²) in [7, 11) is -3.39. The Morgan fingerprint density at radius 3 is 2.59 bits per heavy atom. The topological polar surface area (TPSA) is 70.9 Å². The molecular weight excluding hydrogens is 382 g/mol. The zero-order chi connectivity index (χ0) is 19.3. The lowest BCUT2D eigenvalue weighted by molar-refractivity contribution is -0.906. The van der Waals surface area contributed by atoms with Gasteiger partial charge in [-0.3, -0.25) is 4.79 Å². The largest absolute Gasteiger partial charge is 0.356 e. The van der Waals surface area contributed by atoms with Gasteiger partial charge in [0.2, 0.25) is 5.91 Å². The van der Waals surface area contributed by atoms with Crippen LogP contribution in [0.5, 0.6) is 0 Å². The molecule has 3 rings (SSSR count). The Bertz CT molecular complexity index is 690. The third-order valence-electron chi connectivity index (χ3n) is 5.90. The van der Waals surface area contributed by atoms with Crippen LogP contribution in [0.25, 0.3) is 0 Å². The molecule has 0 saturated carbocycles. The van der Waals surface area contributed by atoms with Gasteiger partial charge < -0.3 is 10.2 Å².